The van der Waals surface area contributed by atoms with Gasteiger partial charge in [-0.3, -0.25) is 4.79 Å². The zero-order valence-corrected chi connectivity index (χ0v) is 12.4. The second kappa shape index (κ2) is 6.31. The lowest BCUT2D eigenvalue weighted by Gasteiger charge is -2.16. The zero-order chi connectivity index (χ0) is 13.8. The summed E-state index contributed by atoms with van der Waals surface area (Å²) in [6, 6.07) is 2.40. The summed E-state index contributed by atoms with van der Waals surface area (Å²) < 4.78 is 0.742. The van der Waals surface area contributed by atoms with Gasteiger partial charge in [-0.25, -0.2) is 10.8 Å². The lowest BCUT2D eigenvalue weighted by atomic mass is 10.2. The van der Waals surface area contributed by atoms with Crippen LogP contribution in [-0.2, 0) is 0 Å². The van der Waals surface area contributed by atoms with Gasteiger partial charge in [-0.2, -0.15) is 0 Å². The fourth-order valence-corrected chi connectivity index (χ4v) is 2.20. The third-order valence-electron chi connectivity index (χ3n) is 3.16. The maximum Gasteiger partial charge on any atom is 0.255 e. The smallest absolute Gasteiger partial charge is 0.255 e. The van der Waals surface area contributed by atoms with E-state index >= 15 is 0 Å². The van der Waals surface area contributed by atoms with Gasteiger partial charge in [0, 0.05) is 29.8 Å². The van der Waals surface area contributed by atoms with E-state index in [-0.39, 0.29) is 5.91 Å². The molecule has 0 saturated heterocycles. The summed E-state index contributed by atoms with van der Waals surface area (Å²) in [6.07, 6.45) is 4.12. The van der Waals surface area contributed by atoms with Crippen molar-refractivity contribution in [1.82, 2.24) is 15.2 Å². The van der Waals surface area contributed by atoms with Crippen LogP contribution in [0.15, 0.2) is 16.7 Å². The average Bonchev–Trinajstić information content (AvgIpc) is 3.22. The molecule has 0 atom stereocenters. The van der Waals surface area contributed by atoms with E-state index in [1.165, 1.54) is 12.8 Å². The van der Waals surface area contributed by atoms with Crippen molar-refractivity contribution in [2.45, 2.75) is 18.9 Å². The third-order valence-corrected chi connectivity index (χ3v) is 3.59. The van der Waals surface area contributed by atoms with Gasteiger partial charge < -0.3 is 15.6 Å². The van der Waals surface area contributed by atoms with E-state index in [1.807, 2.05) is 0 Å². The van der Waals surface area contributed by atoms with Crippen molar-refractivity contribution in [1.29, 1.82) is 0 Å². The molecule has 1 amide bonds. The molecule has 19 heavy (non-hydrogen) atoms. The van der Waals surface area contributed by atoms with Gasteiger partial charge in [0.1, 0.15) is 0 Å². The first-order valence-corrected chi connectivity index (χ1v) is 7.01. The quantitative estimate of drug-likeness (QED) is 0.535. The highest BCUT2D eigenvalue weighted by molar-refractivity contribution is 9.10. The molecule has 6 nitrogen and oxygen atoms in total. The number of amides is 1. The molecule has 0 bridgehead atoms. The number of nitrogens with two attached hydrogens (primary N) is 1. The largest absolute Gasteiger partial charge is 0.351 e. The van der Waals surface area contributed by atoms with Crippen LogP contribution < -0.4 is 16.6 Å². The van der Waals surface area contributed by atoms with E-state index in [0.29, 0.717) is 24.0 Å². The molecule has 1 aliphatic rings. The maximum atomic E-state index is 12.1. The van der Waals surface area contributed by atoms with Crippen LogP contribution in [0.3, 0.4) is 0 Å². The Morgan fingerprint density at radius 3 is 3.00 bits per heavy atom. The van der Waals surface area contributed by atoms with Crippen molar-refractivity contribution in [2.75, 3.05) is 25.6 Å². The normalized spacial score (nSPS) is 14.5. The van der Waals surface area contributed by atoms with E-state index in [2.05, 4.69) is 43.6 Å². The minimum Gasteiger partial charge on any atom is -0.351 e. The van der Waals surface area contributed by atoms with E-state index < -0.39 is 0 Å². The van der Waals surface area contributed by atoms with Gasteiger partial charge in [0.05, 0.1) is 5.56 Å². The number of carbonyl (C=O) groups excluding carboxylic acids is 1. The van der Waals surface area contributed by atoms with Gasteiger partial charge in [0.2, 0.25) is 0 Å². The summed E-state index contributed by atoms with van der Waals surface area (Å²) in [6.45, 7) is 1.46. The highest BCUT2D eigenvalue weighted by atomic mass is 79.9. The molecule has 0 spiro atoms. The molecule has 0 aliphatic heterocycles. The molecule has 2 rings (SSSR count). The molecule has 0 unspecified atom stereocenters. The number of hydrogen-bond donors (Lipinski definition) is 3. The van der Waals surface area contributed by atoms with Crippen LogP contribution in [-0.4, -0.2) is 42.0 Å². The van der Waals surface area contributed by atoms with Crippen molar-refractivity contribution >= 4 is 27.7 Å². The molecule has 1 aromatic rings. The Morgan fingerprint density at radius 1 is 1.63 bits per heavy atom. The number of hydrogen-bond acceptors (Lipinski definition) is 5. The minimum absolute atomic E-state index is 0.175. The van der Waals surface area contributed by atoms with Crippen LogP contribution in [0.25, 0.3) is 0 Å². The summed E-state index contributed by atoms with van der Waals surface area (Å²) >= 11 is 3.29. The second-order valence-electron chi connectivity index (χ2n) is 4.66. The number of rotatable bonds is 6. The topological polar surface area (TPSA) is 83.3 Å². The van der Waals surface area contributed by atoms with E-state index in [1.54, 1.807) is 12.3 Å². The Labute approximate surface area is 120 Å². The molecule has 0 aromatic carbocycles. The molecule has 1 heterocycles. The van der Waals surface area contributed by atoms with Crippen molar-refractivity contribution in [3.8, 4) is 0 Å². The SMILES string of the molecule is CN(CCNC(=O)c1cc(Br)cnc1NN)C1CC1. The van der Waals surface area contributed by atoms with E-state index in [4.69, 9.17) is 5.84 Å². The lowest BCUT2D eigenvalue weighted by molar-refractivity contribution is 0.0950. The summed E-state index contributed by atoms with van der Waals surface area (Å²) in [7, 11) is 2.08. The van der Waals surface area contributed by atoms with Crippen molar-refractivity contribution in [3.05, 3.63) is 22.3 Å². The van der Waals surface area contributed by atoms with Crippen LogP contribution in [0.5, 0.6) is 0 Å². The van der Waals surface area contributed by atoms with Crippen molar-refractivity contribution in [3.63, 3.8) is 0 Å². The Kier molecular flexibility index (Phi) is 4.73. The number of nitrogens with one attached hydrogen (secondary N) is 2. The molecular weight excluding hydrogens is 310 g/mol. The number of pyridine rings is 1. The Balaban J connectivity index is 1.89. The van der Waals surface area contributed by atoms with Crippen LogP contribution in [0, 0.1) is 0 Å². The number of aromatic nitrogens is 1. The van der Waals surface area contributed by atoms with Gasteiger partial charge in [0.25, 0.3) is 5.91 Å². The Hall–Kier alpha value is -1.18. The first-order valence-electron chi connectivity index (χ1n) is 6.22. The van der Waals surface area contributed by atoms with Gasteiger partial charge in [-0.1, -0.05) is 0 Å². The molecule has 4 N–H and O–H groups in total. The minimum atomic E-state index is -0.175. The van der Waals surface area contributed by atoms with Crippen LogP contribution >= 0.6 is 15.9 Å². The molecule has 1 aliphatic carbocycles. The summed E-state index contributed by atoms with van der Waals surface area (Å²) in [5.41, 5.74) is 2.86. The molecule has 1 aromatic heterocycles. The fourth-order valence-electron chi connectivity index (χ4n) is 1.87. The van der Waals surface area contributed by atoms with E-state index in [9.17, 15) is 4.79 Å². The predicted octanol–water partition coefficient (Wildman–Crippen LogP) is 0.954. The van der Waals surface area contributed by atoms with Crippen molar-refractivity contribution in [2.24, 2.45) is 5.84 Å². The maximum absolute atomic E-state index is 12.1. The molecule has 1 fully saturated rings. The lowest BCUT2D eigenvalue weighted by Crippen LogP contribution is -2.34. The number of anilines is 1. The summed E-state index contributed by atoms with van der Waals surface area (Å²) in [4.78, 5) is 18.4. The molecule has 7 heteroatoms. The summed E-state index contributed by atoms with van der Waals surface area (Å²) in [5.74, 6) is 5.54. The van der Waals surface area contributed by atoms with Gasteiger partial charge >= 0.3 is 0 Å². The number of nitrogen functional groups attached to an aromatic ring is 1. The fraction of sp³-hybridized carbons (Fsp3) is 0.500. The van der Waals surface area contributed by atoms with E-state index in [0.717, 1.165) is 11.0 Å². The Morgan fingerprint density at radius 2 is 2.37 bits per heavy atom. The van der Waals surface area contributed by atoms with Gasteiger partial charge in [-0.05, 0) is 41.9 Å². The number of carbonyl (C=O) groups is 1. The van der Waals surface area contributed by atoms with Gasteiger partial charge in [-0.15, -0.1) is 0 Å². The average molecular weight is 328 g/mol. The van der Waals surface area contributed by atoms with Crippen molar-refractivity contribution < 1.29 is 4.79 Å². The zero-order valence-electron chi connectivity index (χ0n) is 10.8. The molecule has 1 saturated carbocycles. The molecule has 104 valence electrons. The third kappa shape index (κ3) is 3.89. The second-order valence-corrected chi connectivity index (χ2v) is 5.58. The van der Waals surface area contributed by atoms with Crippen LogP contribution in [0.4, 0.5) is 5.82 Å². The monoisotopic (exact) mass is 327 g/mol. The predicted molar refractivity (Wildman–Crippen MR) is 77.7 cm³/mol. The highest BCUT2D eigenvalue weighted by Gasteiger charge is 2.25. The number of nitrogens with zero attached hydrogens (tertiary/aromatic N) is 2. The first kappa shape index (κ1) is 14.2. The van der Waals surface area contributed by atoms with Crippen LogP contribution in [0.1, 0.15) is 23.2 Å². The van der Waals surface area contributed by atoms with Crippen LogP contribution in [0.2, 0.25) is 0 Å². The Bertz CT molecular complexity index is 463. The number of likely N-dealkylation sites (N-methyl/N-ethyl adjacent to an activating group) is 1. The molecular formula is C12H18BrN5O. The van der Waals surface area contributed by atoms with Gasteiger partial charge in [0.15, 0.2) is 5.82 Å². The molecule has 0 radical (unpaired) electrons. The number of halogens is 1. The first-order chi connectivity index (χ1) is 9.11. The standard InChI is InChI=1S/C12H18BrN5O/c1-18(9-2-3-9)5-4-15-12(19)10-6-8(13)7-16-11(10)17-14/h6-7,9H,2-5,14H2,1H3,(H,15,19)(H,16,17). The number of hydrazine groups is 1. The summed E-state index contributed by atoms with van der Waals surface area (Å²) in [5, 5.41) is 2.88. The highest BCUT2D eigenvalue weighted by Crippen LogP contribution is 2.24.